The van der Waals surface area contributed by atoms with E-state index in [1.54, 1.807) is 0 Å². The summed E-state index contributed by atoms with van der Waals surface area (Å²) in [5, 5.41) is 23.8. The fraction of sp³-hybridized carbons (Fsp3) is 0.267. The maximum Gasteiger partial charge on any atom is 0.323 e. The van der Waals surface area contributed by atoms with E-state index in [4.69, 9.17) is 5.11 Å². The van der Waals surface area contributed by atoms with Crippen molar-refractivity contribution in [2.45, 2.75) is 6.42 Å². The molecule has 0 aliphatic rings. The summed E-state index contributed by atoms with van der Waals surface area (Å²) in [6, 6.07) is 9.23. The van der Waals surface area contributed by atoms with E-state index in [1.165, 1.54) is 7.05 Å². The minimum Gasteiger partial charge on any atom is -0.480 e. The molecule has 0 saturated heterocycles. The number of nitrogens with zero attached hydrogens (tertiary/aromatic N) is 4. The molecule has 2 rings (SSSR count). The van der Waals surface area contributed by atoms with Crippen LogP contribution in [0.2, 0.25) is 0 Å². The zero-order valence-electron chi connectivity index (χ0n) is 13.0. The lowest BCUT2D eigenvalue weighted by atomic mass is 10.1. The smallest absolute Gasteiger partial charge is 0.323 e. The highest BCUT2D eigenvalue weighted by Gasteiger charge is 2.29. The molecule has 1 amide bonds. The Bertz CT molecular complexity index is 756. The van der Waals surface area contributed by atoms with Gasteiger partial charge in [0, 0.05) is 13.6 Å². The number of aryl methyl sites for hydroxylation is 1. The summed E-state index contributed by atoms with van der Waals surface area (Å²) in [7, 11) is 1.45. The highest BCUT2D eigenvalue weighted by molar-refractivity contribution is 5.97. The van der Waals surface area contributed by atoms with Crippen LogP contribution in [0.3, 0.4) is 0 Å². The van der Waals surface area contributed by atoms with E-state index < -0.39 is 29.0 Å². The maximum atomic E-state index is 12.5. The number of carboxylic acid groups (broad SMARTS) is 1. The van der Waals surface area contributed by atoms with Crippen molar-refractivity contribution in [1.82, 2.24) is 14.7 Å². The van der Waals surface area contributed by atoms with E-state index in [0.717, 1.165) is 21.3 Å². The number of carboxylic acids is 1. The number of carbonyl (C=O) groups is 2. The molecule has 0 fully saturated rings. The van der Waals surface area contributed by atoms with Crippen molar-refractivity contribution in [2.75, 3.05) is 13.1 Å². The number of amides is 1. The van der Waals surface area contributed by atoms with Crippen LogP contribution in [0.25, 0.3) is 0 Å². The first-order chi connectivity index (χ1) is 11.4. The van der Waals surface area contributed by atoms with Gasteiger partial charge in [-0.25, -0.2) is 0 Å². The van der Waals surface area contributed by atoms with Gasteiger partial charge in [0.1, 0.15) is 12.7 Å². The molecule has 0 radical (unpaired) electrons. The number of hydrogen-bond donors (Lipinski definition) is 1. The van der Waals surface area contributed by atoms with Crippen molar-refractivity contribution < 1.29 is 19.6 Å². The minimum absolute atomic E-state index is 0.114. The van der Waals surface area contributed by atoms with Gasteiger partial charge in [-0.15, -0.1) is 0 Å². The number of aliphatic carboxylic acids is 1. The zero-order chi connectivity index (χ0) is 17.7. The monoisotopic (exact) mass is 332 g/mol. The molecule has 0 aliphatic carbocycles. The van der Waals surface area contributed by atoms with Gasteiger partial charge in [-0.05, 0) is 12.0 Å². The second-order valence-corrected chi connectivity index (χ2v) is 5.15. The van der Waals surface area contributed by atoms with Gasteiger partial charge in [-0.3, -0.25) is 24.4 Å². The van der Waals surface area contributed by atoms with Crippen LogP contribution < -0.4 is 0 Å². The first-order valence-electron chi connectivity index (χ1n) is 7.11. The van der Waals surface area contributed by atoms with Gasteiger partial charge in [-0.1, -0.05) is 30.3 Å². The number of hydrogen-bond acceptors (Lipinski definition) is 5. The van der Waals surface area contributed by atoms with Crippen LogP contribution in [0.15, 0.2) is 36.5 Å². The number of benzene rings is 1. The Labute approximate surface area is 137 Å². The fourth-order valence-corrected chi connectivity index (χ4v) is 2.24. The average Bonchev–Trinajstić information content (AvgIpc) is 2.93. The summed E-state index contributed by atoms with van der Waals surface area (Å²) in [6.45, 7) is -0.442. The molecule has 0 unspecified atom stereocenters. The van der Waals surface area contributed by atoms with E-state index in [-0.39, 0.29) is 12.2 Å². The standard InChI is InChI=1S/C15H16N4O5/c1-17-9-12(19(23)24)14(16-17)15(22)18(10-13(20)21)8-7-11-5-3-2-4-6-11/h2-6,9H,7-8,10H2,1H3,(H,20,21). The lowest BCUT2D eigenvalue weighted by molar-refractivity contribution is -0.385. The predicted molar refractivity (Wildman–Crippen MR) is 83.5 cm³/mol. The van der Waals surface area contributed by atoms with E-state index in [9.17, 15) is 19.7 Å². The Kier molecular flexibility index (Phi) is 5.25. The van der Waals surface area contributed by atoms with Crippen molar-refractivity contribution in [2.24, 2.45) is 7.05 Å². The average molecular weight is 332 g/mol. The first-order valence-corrected chi connectivity index (χ1v) is 7.11. The second-order valence-electron chi connectivity index (χ2n) is 5.15. The molecule has 0 aliphatic heterocycles. The molecule has 0 bridgehead atoms. The van der Waals surface area contributed by atoms with Crippen LogP contribution in [0, 0.1) is 10.1 Å². The third-order valence-electron chi connectivity index (χ3n) is 3.34. The molecule has 1 aromatic carbocycles. The fourth-order valence-electron chi connectivity index (χ4n) is 2.24. The van der Waals surface area contributed by atoms with Crippen molar-refractivity contribution >= 4 is 17.6 Å². The third kappa shape index (κ3) is 4.15. The third-order valence-corrected chi connectivity index (χ3v) is 3.34. The van der Waals surface area contributed by atoms with Gasteiger partial charge in [0.05, 0.1) is 4.92 Å². The molecular weight excluding hydrogens is 316 g/mol. The van der Waals surface area contributed by atoms with Crippen molar-refractivity contribution in [3.63, 3.8) is 0 Å². The Balaban J connectivity index is 2.22. The molecule has 24 heavy (non-hydrogen) atoms. The van der Waals surface area contributed by atoms with Crippen molar-refractivity contribution in [3.8, 4) is 0 Å². The lowest BCUT2D eigenvalue weighted by Gasteiger charge is -2.19. The zero-order valence-corrected chi connectivity index (χ0v) is 13.0. The Morgan fingerprint density at radius 1 is 1.33 bits per heavy atom. The van der Waals surface area contributed by atoms with Crippen LogP contribution in [0.4, 0.5) is 5.69 Å². The normalized spacial score (nSPS) is 10.4. The lowest BCUT2D eigenvalue weighted by Crippen LogP contribution is -2.37. The van der Waals surface area contributed by atoms with Crippen LogP contribution in [-0.4, -0.2) is 49.7 Å². The molecule has 2 aromatic rings. The molecule has 9 heteroatoms. The maximum absolute atomic E-state index is 12.5. The van der Waals surface area contributed by atoms with Gasteiger partial charge in [0.15, 0.2) is 0 Å². The van der Waals surface area contributed by atoms with Crippen molar-refractivity contribution in [3.05, 3.63) is 57.9 Å². The summed E-state index contributed by atoms with van der Waals surface area (Å²) in [4.78, 5) is 34.9. The van der Waals surface area contributed by atoms with Gasteiger partial charge in [-0.2, -0.15) is 5.10 Å². The van der Waals surface area contributed by atoms with Gasteiger partial charge < -0.3 is 10.0 Å². The quantitative estimate of drug-likeness (QED) is 0.599. The molecular formula is C15H16N4O5. The predicted octanol–water partition coefficient (Wildman–Crippen LogP) is 1.10. The molecule has 9 nitrogen and oxygen atoms in total. The molecule has 1 aromatic heterocycles. The minimum atomic E-state index is -1.20. The number of nitro groups is 1. The molecule has 1 heterocycles. The highest BCUT2D eigenvalue weighted by Crippen LogP contribution is 2.18. The molecule has 0 atom stereocenters. The van der Waals surface area contributed by atoms with Gasteiger partial charge in [0.2, 0.25) is 5.69 Å². The molecule has 126 valence electrons. The van der Waals surface area contributed by atoms with E-state index >= 15 is 0 Å². The van der Waals surface area contributed by atoms with E-state index in [0.29, 0.717) is 6.42 Å². The number of rotatable bonds is 7. The second kappa shape index (κ2) is 7.36. The van der Waals surface area contributed by atoms with E-state index in [2.05, 4.69) is 5.10 Å². The van der Waals surface area contributed by atoms with Crippen LogP contribution in [0.1, 0.15) is 16.1 Å². The Morgan fingerprint density at radius 3 is 2.58 bits per heavy atom. The van der Waals surface area contributed by atoms with Gasteiger partial charge >= 0.3 is 11.7 Å². The van der Waals surface area contributed by atoms with Crippen LogP contribution in [0.5, 0.6) is 0 Å². The number of aromatic nitrogens is 2. The van der Waals surface area contributed by atoms with Crippen LogP contribution >= 0.6 is 0 Å². The van der Waals surface area contributed by atoms with Gasteiger partial charge in [0.25, 0.3) is 5.91 Å². The Hall–Kier alpha value is -3.23. The number of carbonyl (C=O) groups excluding carboxylic acids is 1. The van der Waals surface area contributed by atoms with Crippen LogP contribution in [-0.2, 0) is 18.3 Å². The molecule has 0 spiro atoms. The largest absolute Gasteiger partial charge is 0.480 e. The summed E-state index contributed by atoms with van der Waals surface area (Å²) >= 11 is 0. The summed E-state index contributed by atoms with van der Waals surface area (Å²) in [5.74, 6) is -1.98. The topological polar surface area (TPSA) is 119 Å². The molecule has 0 saturated carbocycles. The summed E-state index contributed by atoms with van der Waals surface area (Å²) in [5.41, 5.74) is 0.116. The first kappa shape index (κ1) is 17.1. The van der Waals surface area contributed by atoms with E-state index in [1.807, 2.05) is 30.3 Å². The SMILES string of the molecule is Cn1cc([N+](=O)[O-])c(C(=O)N(CCc2ccccc2)CC(=O)O)n1. The summed E-state index contributed by atoms with van der Waals surface area (Å²) in [6.07, 6.45) is 1.55. The van der Waals surface area contributed by atoms with Crippen molar-refractivity contribution in [1.29, 1.82) is 0 Å². The summed E-state index contributed by atoms with van der Waals surface area (Å²) < 4.78 is 1.15. The highest BCUT2D eigenvalue weighted by atomic mass is 16.6. The Morgan fingerprint density at radius 2 is 2.00 bits per heavy atom. The molecule has 1 N–H and O–H groups in total.